The molecule has 0 radical (unpaired) electrons. The first-order valence-electron chi connectivity index (χ1n) is 9.49. The molecule has 1 amide bonds. The van der Waals surface area contributed by atoms with Crippen molar-refractivity contribution in [1.82, 2.24) is 4.90 Å². The molecule has 0 saturated carbocycles. The third-order valence-corrected chi connectivity index (χ3v) is 7.68. The first-order valence-corrected chi connectivity index (χ1v) is 10.9. The van der Waals surface area contributed by atoms with Gasteiger partial charge in [0, 0.05) is 34.9 Å². The summed E-state index contributed by atoms with van der Waals surface area (Å²) in [6, 6.07) is 0. The second kappa shape index (κ2) is 8.06. The van der Waals surface area contributed by atoms with Crippen molar-refractivity contribution >= 4 is 16.7 Å². The fraction of sp³-hybridized carbons (Fsp3) is 0.722. The van der Waals surface area contributed by atoms with E-state index in [2.05, 4.69) is 6.58 Å². The standard InChI is InChI=1S/C18H25NO9S/c1-2-8-9-5-12-19(3-4-29(12)25)16(24)10(9)7-26-17(8)28-18-15(23)14(22)13(21)11(6-20)27-18/h2,7-9,11-15,17-18,20-23H,1,3-6H2/t8-,9+,11-,12+,13-,14+,15-,17+,18+,29-/m1/s1. The van der Waals surface area contributed by atoms with Crippen molar-refractivity contribution in [3.05, 3.63) is 24.5 Å². The monoisotopic (exact) mass is 431 g/mol. The highest BCUT2D eigenvalue weighted by Crippen LogP contribution is 2.43. The number of piperidine rings is 1. The van der Waals surface area contributed by atoms with E-state index >= 15 is 0 Å². The van der Waals surface area contributed by atoms with Crippen molar-refractivity contribution in [2.24, 2.45) is 11.8 Å². The second-order valence-corrected chi connectivity index (χ2v) is 9.32. The van der Waals surface area contributed by atoms with Crippen molar-refractivity contribution < 1.29 is 43.6 Å². The van der Waals surface area contributed by atoms with Crippen molar-refractivity contribution in [3.8, 4) is 0 Å². The Labute approximate surface area is 169 Å². The summed E-state index contributed by atoms with van der Waals surface area (Å²) in [4.78, 5) is 14.4. The van der Waals surface area contributed by atoms with Crippen LogP contribution >= 0.6 is 0 Å². The molecular formula is C18H25NO9S. The van der Waals surface area contributed by atoms with Crippen LogP contribution in [0.15, 0.2) is 24.5 Å². The molecule has 4 rings (SSSR count). The lowest BCUT2D eigenvalue weighted by Crippen LogP contribution is -2.60. The number of ether oxygens (including phenoxy) is 3. The Morgan fingerprint density at radius 3 is 2.72 bits per heavy atom. The Morgan fingerprint density at radius 1 is 1.28 bits per heavy atom. The molecule has 11 heteroatoms. The summed E-state index contributed by atoms with van der Waals surface area (Å²) < 4.78 is 29.0. The van der Waals surface area contributed by atoms with E-state index in [4.69, 9.17) is 14.2 Å². The zero-order chi connectivity index (χ0) is 20.9. The highest BCUT2D eigenvalue weighted by Gasteiger charge is 2.51. The van der Waals surface area contributed by atoms with E-state index in [9.17, 15) is 29.4 Å². The minimum atomic E-state index is -1.58. The minimum absolute atomic E-state index is 0.213. The highest BCUT2D eigenvalue weighted by atomic mass is 32.2. The number of carbonyl (C=O) groups is 1. The third-order valence-electron chi connectivity index (χ3n) is 6.04. The molecule has 4 aliphatic rings. The Kier molecular flexibility index (Phi) is 5.81. The molecule has 0 aromatic rings. The quantitative estimate of drug-likeness (QED) is 0.364. The van der Waals surface area contributed by atoms with Gasteiger partial charge < -0.3 is 39.5 Å². The normalized spacial score (nSPS) is 47.1. The van der Waals surface area contributed by atoms with E-state index in [1.807, 2.05) is 0 Å². The van der Waals surface area contributed by atoms with Crippen LogP contribution in [0.5, 0.6) is 0 Å². The smallest absolute Gasteiger partial charge is 0.254 e. The van der Waals surface area contributed by atoms with Crippen molar-refractivity contribution in [2.75, 3.05) is 18.9 Å². The molecule has 3 saturated heterocycles. The molecule has 0 aliphatic carbocycles. The van der Waals surface area contributed by atoms with Gasteiger partial charge in [-0.05, 0) is 6.42 Å². The van der Waals surface area contributed by atoms with Crippen LogP contribution in [0.3, 0.4) is 0 Å². The van der Waals surface area contributed by atoms with Gasteiger partial charge in [-0.1, -0.05) is 6.08 Å². The summed E-state index contributed by atoms with van der Waals surface area (Å²) in [6.07, 6.45) is -4.75. The minimum Gasteiger partial charge on any atom is -0.471 e. The molecule has 0 bridgehead atoms. The fourth-order valence-corrected chi connectivity index (χ4v) is 5.93. The number of aliphatic hydroxyl groups excluding tert-OH is 4. The maximum absolute atomic E-state index is 12.8. The van der Waals surface area contributed by atoms with Crippen LogP contribution in [0.25, 0.3) is 0 Å². The predicted molar refractivity (Wildman–Crippen MR) is 98.1 cm³/mol. The number of hydrogen-bond donors (Lipinski definition) is 4. The summed E-state index contributed by atoms with van der Waals surface area (Å²) in [5, 5.41) is 39.0. The van der Waals surface area contributed by atoms with E-state index in [0.29, 0.717) is 24.3 Å². The third kappa shape index (κ3) is 3.44. The molecule has 29 heavy (non-hydrogen) atoms. The van der Waals surface area contributed by atoms with Crippen LogP contribution in [0.4, 0.5) is 0 Å². The van der Waals surface area contributed by atoms with Crippen molar-refractivity contribution in [3.63, 3.8) is 0 Å². The topological polar surface area (TPSA) is 146 Å². The summed E-state index contributed by atoms with van der Waals surface area (Å²) in [5.41, 5.74) is 0.457. The van der Waals surface area contributed by atoms with Crippen LogP contribution in [-0.4, -0.2) is 96.7 Å². The summed E-state index contributed by atoms with van der Waals surface area (Å²) in [6.45, 7) is 3.68. The number of hydrogen-bond acceptors (Lipinski definition) is 9. The van der Waals surface area contributed by atoms with Gasteiger partial charge in [0.15, 0.2) is 6.29 Å². The molecule has 0 unspecified atom stereocenters. The van der Waals surface area contributed by atoms with Gasteiger partial charge >= 0.3 is 0 Å². The molecular weight excluding hydrogens is 406 g/mol. The second-order valence-electron chi connectivity index (χ2n) is 7.60. The van der Waals surface area contributed by atoms with Gasteiger partial charge in [0.1, 0.15) is 29.8 Å². The highest BCUT2D eigenvalue weighted by molar-refractivity contribution is 7.85. The van der Waals surface area contributed by atoms with Crippen molar-refractivity contribution in [2.45, 2.75) is 48.8 Å². The van der Waals surface area contributed by atoms with Gasteiger partial charge in [0.2, 0.25) is 6.29 Å². The molecule has 0 aromatic heterocycles. The van der Waals surface area contributed by atoms with E-state index in [1.165, 1.54) is 6.26 Å². The Bertz CT molecular complexity index is 728. The van der Waals surface area contributed by atoms with E-state index in [1.54, 1.807) is 11.0 Å². The molecule has 10 atom stereocenters. The van der Waals surface area contributed by atoms with E-state index < -0.39 is 60.3 Å². The van der Waals surface area contributed by atoms with Crippen molar-refractivity contribution in [1.29, 1.82) is 0 Å². The molecule has 0 spiro atoms. The zero-order valence-electron chi connectivity index (χ0n) is 15.6. The lowest BCUT2D eigenvalue weighted by molar-refractivity contribution is -0.339. The largest absolute Gasteiger partial charge is 0.471 e. The van der Waals surface area contributed by atoms with Gasteiger partial charge in [-0.3, -0.25) is 9.00 Å². The Balaban J connectivity index is 1.54. The molecule has 10 nitrogen and oxygen atoms in total. The fourth-order valence-electron chi connectivity index (χ4n) is 4.38. The molecule has 4 aliphatic heterocycles. The lowest BCUT2D eigenvalue weighted by Gasteiger charge is -2.45. The summed E-state index contributed by atoms with van der Waals surface area (Å²) in [7, 11) is -1.12. The first-order chi connectivity index (χ1) is 13.9. The Hall–Kier alpha value is -1.34. The molecule has 3 fully saturated rings. The zero-order valence-corrected chi connectivity index (χ0v) is 16.4. The molecule has 4 heterocycles. The molecule has 4 N–H and O–H groups in total. The van der Waals surface area contributed by atoms with Gasteiger partial charge in [0.05, 0.1) is 18.4 Å². The van der Waals surface area contributed by atoms with Crippen LogP contribution in [0.1, 0.15) is 6.42 Å². The number of amides is 1. The van der Waals surface area contributed by atoms with Gasteiger partial charge in [0.25, 0.3) is 5.91 Å². The van der Waals surface area contributed by atoms with Gasteiger partial charge in [-0.25, -0.2) is 0 Å². The maximum Gasteiger partial charge on any atom is 0.254 e. The molecule has 162 valence electrons. The average molecular weight is 431 g/mol. The van der Waals surface area contributed by atoms with E-state index in [-0.39, 0.29) is 17.2 Å². The lowest BCUT2D eigenvalue weighted by atomic mass is 9.79. The van der Waals surface area contributed by atoms with Gasteiger partial charge in [-0.15, -0.1) is 6.58 Å². The molecule has 0 aromatic carbocycles. The summed E-state index contributed by atoms with van der Waals surface area (Å²) in [5.74, 6) is -0.589. The van der Waals surface area contributed by atoms with Gasteiger partial charge in [-0.2, -0.15) is 0 Å². The van der Waals surface area contributed by atoms with Crippen LogP contribution in [0, 0.1) is 11.8 Å². The van der Waals surface area contributed by atoms with Crippen LogP contribution < -0.4 is 0 Å². The number of aliphatic hydroxyl groups is 4. The van der Waals surface area contributed by atoms with Crippen LogP contribution in [-0.2, 0) is 29.8 Å². The number of nitrogens with zero attached hydrogens (tertiary/aromatic N) is 1. The first kappa shape index (κ1) is 20.9. The Morgan fingerprint density at radius 2 is 2.03 bits per heavy atom. The number of fused-ring (bicyclic) bond motifs is 2. The van der Waals surface area contributed by atoms with Crippen LogP contribution in [0.2, 0.25) is 0 Å². The SMILES string of the molecule is C=C[C@H]1[C@H](O[C@@H]2O[C@H](CO)[C@@H](O)[C@H](O)[C@H]2O)OC=C2C(=O)N3CC[S@@](=O)[C@H]3C[C@H]21. The maximum atomic E-state index is 12.8. The van der Waals surface area contributed by atoms with E-state index in [0.717, 1.165) is 0 Å². The average Bonchev–Trinajstić information content (AvgIpc) is 3.09. The predicted octanol–water partition coefficient (Wildman–Crippen LogP) is -2.22. The number of rotatable bonds is 4. The summed E-state index contributed by atoms with van der Waals surface area (Å²) >= 11 is 0. The number of carbonyl (C=O) groups excluding carboxylic acids is 1.